The number of benzene rings is 3. The first-order valence-corrected chi connectivity index (χ1v) is 9.77. The molecule has 0 aliphatic carbocycles. The number of halogens is 2. The number of aliphatic hydroxyl groups excluding tert-OH is 2. The molecule has 0 bridgehead atoms. The Labute approximate surface area is 178 Å². The summed E-state index contributed by atoms with van der Waals surface area (Å²) in [7, 11) is 0. The van der Waals surface area contributed by atoms with Gasteiger partial charge in [-0.3, -0.25) is 4.79 Å². The highest BCUT2D eigenvalue weighted by atomic mass is 19.1. The summed E-state index contributed by atoms with van der Waals surface area (Å²) >= 11 is 0. The Morgan fingerprint density at radius 2 is 1.74 bits per heavy atom. The van der Waals surface area contributed by atoms with Crippen molar-refractivity contribution in [3.63, 3.8) is 0 Å². The van der Waals surface area contributed by atoms with Crippen molar-refractivity contribution in [2.45, 2.75) is 18.9 Å². The summed E-state index contributed by atoms with van der Waals surface area (Å²) in [6.45, 7) is -0.510. The number of amides is 1. The summed E-state index contributed by atoms with van der Waals surface area (Å²) in [5.74, 6) is -2.09. The first kappa shape index (κ1) is 22.4. The second-order valence-corrected chi connectivity index (χ2v) is 7.12. The largest absolute Gasteiger partial charge is 0.493 e. The number of ether oxygens (including phenoxy) is 1. The fraction of sp³-hybridized carbons (Fsp3) is 0.208. The lowest BCUT2D eigenvalue weighted by Gasteiger charge is -2.15. The third-order valence-electron chi connectivity index (χ3n) is 4.86. The minimum atomic E-state index is -0.998. The van der Waals surface area contributed by atoms with E-state index in [0.29, 0.717) is 5.56 Å². The summed E-state index contributed by atoms with van der Waals surface area (Å²) in [6.07, 6.45) is -0.981. The zero-order chi connectivity index (χ0) is 22.4. The summed E-state index contributed by atoms with van der Waals surface area (Å²) in [6, 6.07) is 16.2. The number of carbonyl (C=O) groups excluding carboxylic acids is 1. The first-order valence-electron chi connectivity index (χ1n) is 9.77. The van der Waals surface area contributed by atoms with E-state index in [4.69, 9.17) is 15.6 Å². The maximum Gasteiger partial charge on any atom is 0.252 e. The van der Waals surface area contributed by atoms with E-state index in [1.54, 1.807) is 12.1 Å². The Morgan fingerprint density at radius 1 is 1.00 bits per heavy atom. The van der Waals surface area contributed by atoms with Gasteiger partial charge in [0.1, 0.15) is 17.4 Å². The lowest BCUT2D eigenvalue weighted by Crippen LogP contribution is -2.19. The second kappa shape index (κ2) is 10.1. The van der Waals surface area contributed by atoms with Crippen LogP contribution in [-0.2, 0) is 6.42 Å². The lowest BCUT2D eigenvalue weighted by atomic mass is 9.96. The smallest absolute Gasteiger partial charge is 0.252 e. The van der Waals surface area contributed by atoms with Crippen LogP contribution >= 0.6 is 0 Å². The SMILES string of the molecule is NC(=O)c1c(Cc2ccc(-c3ccccc3)cc2F)cc(F)cc1OCC[C@@H](O)CO. The van der Waals surface area contributed by atoms with Crippen molar-refractivity contribution in [2.24, 2.45) is 5.73 Å². The molecule has 3 rings (SSSR count). The van der Waals surface area contributed by atoms with Gasteiger partial charge >= 0.3 is 0 Å². The fourth-order valence-corrected chi connectivity index (χ4v) is 3.27. The van der Waals surface area contributed by atoms with Crippen LogP contribution in [-0.4, -0.2) is 35.4 Å². The van der Waals surface area contributed by atoms with E-state index in [9.17, 15) is 18.7 Å². The van der Waals surface area contributed by atoms with Crippen LogP contribution < -0.4 is 10.5 Å². The lowest BCUT2D eigenvalue weighted by molar-refractivity contribution is 0.0750. The molecule has 0 saturated carbocycles. The molecule has 0 aromatic heterocycles. The molecule has 5 nitrogen and oxygen atoms in total. The predicted molar refractivity (Wildman–Crippen MR) is 113 cm³/mol. The van der Waals surface area contributed by atoms with Gasteiger partial charge in [0.05, 0.1) is 24.9 Å². The average molecular weight is 427 g/mol. The minimum absolute atomic E-state index is 0.0496. The van der Waals surface area contributed by atoms with Crippen molar-refractivity contribution in [3.8, 4) is 16.9 Å². The highest BCUT2D eigenvalue weighted by Crippen LogP contribution is 2.29. The van der Waals surface area contributed by atoms with Crippen LogP contribution in [0.1, 0.15) is 27.9 Å². The molecule has 3 aromatic rings. The zero-order valence-electron chi connectivity index (χ0n) is 16.7. The molecule has 4 N–H and O–H groups in total. The van der Waals surface area contributed by atoms with Crippen molar-refractivity contribution in [3.05, 3.63) is 89.0 Å². The van der Waals surface area contributed by atoms with Crippen LogP contribution in [0.2, 0.25) is 0 Å². The minimum Gasteiger partial charge on any atom is -0.493 e. The number of hydrogen-bond acceptors (Lipinski definition) is 4. The maximum absolute atomic E-state index is 14.8. The van der Waals surface area contributed by atoms with Gasteiger partial charge < -0.3 is 20.7 Å². The fourth-order valence-electron chi connectivity index (χ4n) is 3.27. The van der Waals surface area contributed by atoms with Crippen molar-refractivity contribution in [2.75, 3.05) is 13.2 Å². The molecule has 7 heteroatoms. The van der Waals surface area contributed by atoms with E-state index in [2.05, 4.69) is 0 Å². The van der Waals surface area contributed by atoms with Crippen LogP contribution in [0.3, 0.4) is 0 Å². The van der Waals surface area contributed by atoms with Gasteiger partial charge in [-0.05, 0) is 34.4 Å². The second-order valence-electron chi connectivity index (χ2n) is 7.12. The average Bonchev–Trinajstić information content (AvgIpc) is 2.75. The molecule has 1 amide bonds. The van der Waals surface area contributed by atoms with E-state index in [-0.39, 0.29) is 41.9 Å². The molecule has 0 aliphatic heterocycles. The Bertz CT molecular complexity index is 1060. The molecule has 0 heterocycles. The number of rotatable bonds is 9. The third kappa shape index (κ3) is 5.65. The molecule has 0 aliphatic rings. The standard InChI is InChI=1S/C24H23F2NO4/c25-19-11-18(23(24(27)30)22(13-19)31-9-8-20(29)14-28)10-17-7-6-16(12-21(17)26)15-4-2-1-3-5-15/h1-7,11-13,20,28-29H,8-10,14H2,(H2,27,30)/t20-/m1/s1. The van der Waals surface area contributed by atoms with Crippen LogP contribution in [0, 0.1) is 11.6 Å². The normalized spacial score (nSPS) is 11.9. The number of carbonyl (C=O) groups is 1. The van der Waals surface area contributed by atoms with Gasteiger partial charge in [-0.2, -0.15) is 0 Å². The van der Waals surface area contributed by atoms with Gasteiger partial charge in [0, 0.05) is 18.9 Å². The number of hydrogen-bond donors (Lipinski definition) is 3. The summed E-state index contributed by atoms with van der Waals surface area (Å²) < 4.78 is 34.4. The zero-order valence-corrected chi connectivity index (χ0v) is 16.7. The van der Waals surface area contributed by atoms with Crippen molar-refractivity contribution in [1.82, 2.24) is 0 Å². The molecule has 0 fully saturated rings. The molecule has 0 unspecified atom stereocenters. The van der Waals surface area contributed by atoms with Crippen LogP contribution in [0.25, 0.3) is 11.1 Å². The third-order valence-corrected chi connectivity index (χ3v) is 4.86. The Morgan fingerprint density at radius 3 is 2.39 bits per heavy atom. The highest BCUT2D eigenvalue weighted by molar-refractivity contribution is 5.97. The molecular weight excluding hydrogens is 404 g/mol. The molecule has 0 spiro atoms. The van der Waals surface area contributed by atoms with Gasteiger partial charge in [-0.1, -0.05) is 42.5 Å². The molecule has 0 saturated heterocycles. The summed E-state index contributed by atoms with van der Waals surface area (Å²) in [4.78, 5) is 12.1. The van der Waals surface area contributed by atoms with Crippen molar-refractivity contribution >= 4 is 5.91 Å². The summed E-state index contributed by atoms with van der Waals surface area (Å²) in [5.41, 5.74) is 7.46. The Hall–Kier alpha value is -3.29. The topological polar surface area (TPSA) is 92.8 Å². The molecule has 31 heavy (non-hydrogen) atoms. The van der Waals surface area contributed by atoms with Crippen molar-refractivity contribution < 1.29 is 28.5 Å². The number of nitrogens with two attached hydrogens (primary N) is 1. The quantitative estimate of drug-likeness (QED) is 0.488. The summed E-state index contributed by atoms with van der Waals surface area (Å²) in [5, 5.41) is 18.3. The first-order chi connectivity index (χ1) is 14.9. The Balaban J connectivity index is 1.89. The highest BCUT2D eigenvalue weighted by Gasteiger charge is 2.19. The molecular formula is C24H23F2NO4. The van der Waals surface area contributed by atoms with E-state index >= 15 is 0 Å². The monoisotopic (exact) mass is 427 g/mol. The maximum atomic E-state index is 14.8. The van der Waals surface area contributed by atoms with Gasteiger partial charge in [-0.25, -0.2) is 8.78 Å². The molecule has 1 atom stereocenters. The van der Waals surface area contributed by atoms with E-state index in [1.807, 2.05) is 30.3 Å². The Kier molecular flexibility index (Phi) is 7.33. The molecule has 162 valence electrons. The number of primary amides is 1. The van der Waals surface area contributed by atoms with Crippen LogP contribution in [0.15, 0.2) is 60.7 Å². The predicted octanol–water partition coefficient (Wildman–Crippen LogP) is 3.44. The molecule has 3 aromatic carbocycles. The van der Waals surface area contributed by atoms with Gasteiger partial charge in [-0.15, -0.1) is 0 Å². The van der Waals surface area contributed by atoms with E-state index in [0.717, 1.165) is 17.7 Å². The van der Waals surface area contributed by atoms with Crippen molar-refractivity contribution in [1.29, 1.82) is 0 Å². The van der Waals surface area contributed by atoms with Gasteiger partial charge in [0.2, 0.25) is 0 Å². The van der Waals surface area contributed by atoms with Crippen LogP contribution in [0.5, 0.6) is 5.75 Å². The van der Waals surface area contributed by atoms with E-state index < -0.39 is 30.3 Å². The van der Waals surface area contributed by atoms with Crippen LogP contribution in [0.4, 0.5) is 8.78 Å². The molecule has 0 radical (unpaired) electrons. The number of aliphatic hydroxyl groups is 2. The van der Waals surface area contributed by atoms with Gasteiger partial charge in [0.25, 0.3) is 5.91 Å². The van der Waals surface area contributed by atoms with Gasteiger partial charge in [0.15, 0.2) is 0 Å². The van der Waals surface area contributed by atoms with E-state index in [1.165, 1.54) is 6.07 Å².